The number of esters is 4. The number of likely N-dealkylation sites (tertiary alicyclic amines) is 2. The van der Waals surface area contributed by atoms with E-state index >= 15 is 0 Å². The van der Waals surface area contributed by atoms with E-state index in [1.54, 1.807) is 10.3 Å². The summed E-state index contributed by atoms with van der Waals surface area (Å²) >= 11 is 2.45. The summed E-state index contributed by atoms with van der Waals surface area (Å²) in [6.45, 7) is 24.2. The number of amides is 2. The minimum Gasteiger partial charge on any atom is -0.476 e. The van der Waals surface area contributed by atoms with Gasteiger partial charge in [-0.1, -0.05) is 102 Å². The van der Waals surface area contributed by atoms with Crippen LogP contribution in [0.15, 0.2) is 10.8 Å². The maximum Gasteiger partial charge on any atom is 0.357 e. The third-order valence-corrected chi connectivity index (χ3v) is 18.7. The van der Waals surface area contributed by atoms with E-state index in [1.807, 2.05) is 90.3 Å². The summed E-state index contributed by atoms with van der Waals surface area (Å²) in [6.07, 6.45) is 8.84. The number of methoxy groups -OCH3 is 1. The van der Waals surface area contributed by atoms with Crippen molar-refractivity contribution in [1.29, 1.82) is 0 Å². The zero-order valence-electron chi connectivity index (χ0n) is 53.0. The second kappa shape index (κ2) is 36.7. The molecule has 4 heterocycles. The molecule has 20 nitrogen and oxygen atoms in total. The van der Waals surface area contributed by atoms with Crippen molar-refractivity contribution in [1.82, 2.24) is 29.6 Å². The Morgan fingerprint density at radius 3 is 1.45 bits per heavy atom. The van der Waals surface area contributed by atoms with E-state index in [0.29, 0.717) is 30.7 Å². The van der Waals surface area contributed by atoms with E-state index in [2.05, 4.69) is 19.8 Å². The van der Waals surface area contributed by atoms with E-state index < -0.39 is 47.9 Å². The van der Waals surface area contributed by atoms with Crippen LogP contribution in [0.1, 0.15) is 229 Å². The highest BCUT2D eigenvalue weighted by Crippen LogP contribution is 2.36. The predicted octanol–water partition coefficient (Wildman–Crippen LogP) is 10.8. The fourth-order valence-electron chi connectivity index (χ4n) is 11.1. The summed E-state index contributed by atoms with van der Waals surface area (Å²) < 4.78 is 21.6. The number of carboxylic acid groups (broad SMARTS) is 1. The van der Waals surface area contributed by atoms with Gasteiger partial charge in [-0.2, -0.15) is 0 Å². The lowest BCUT2D eigenvalue weighted by molar-refractivity contribution is -0.162. The zero-order valence-corrected chi connectivity index (χ0v) is 54.6. The predicted molar refractivity (Wildman–Crippen MR) is 323 cm³/mol. The first-order valence-corrected chi connectivity index (χ1v) is 32.3. The number of ketones is 2. The van der Waals surface area contributed by atoms with Crippen molar-refractivity contribution in [3.63, 3.8) is 0 Å². The third-order valence-electron chi connectivity index (χ3n) is 16.7. The molecule has 2 aliphatic heterocycles. The van der Waals surface area contributed by atoms with Gasteiger partial charge in [0.05, 0.1) is 24.2 Å². The Kier molecular flexibility index (Phi) is 31.9. The number of Topliss-reactive ketones (excluding diaryl/α,β-unsaturated/α-hetero) is 2. The minimum absolute atomic E-state index is 0.0130. The lowest BCUT2D eigenvalue weighted by atomic mass is 9.82. The number of rotatable bonds is 33. The molecule has 2 aliphatic rings. The maximum absolute atomic E-state index is 14.5. The van der Waals surface area contributed by atoms with Gasteiger partial charge < -0.3 is 33.9 Å². The number of hydrogen-bond donors (Lipinski definition) is 1. The summed E-state index contributed by atoms with van der Waals surface area (Å²) in [7, 11) is 5.26. The van der Waals surface area contributed by atoms with Crippen molar-refractivity contribution in [2.24, 2.45) is 35.5 Å². The van der Waals surface area contributed by atoms with Crippen molar-refractivity contribution >= 4 is 75.9 Å². The van der Waals surface area contributed by atoms with Crippen LogP contribution in [0.2, 0.25) is 0 Å². The Labute approximate surface area is 507 Å². The molecule has 0 aliphatic carbocycles. The average Bonchev–Trinajstić information content (AvgIpc) is 3.49. The highest BCUT2D eigenvalue weighted by atomic mass is 32.1. The van der Waals surface area contributed by atoms with Gasteiger partial charge in [0, 0.05) is 79.6 Å². The standard InChI is InChI=1S/C31H49N3O8S.C31H51N3O6S/c1-8-12-28(37)41-18-34(30(38)22(20(5)9-2)15-26(36)24-13-10-11-14-33(24)7)25(19(3)4)16-27(42-21(6)35)29-32-23(17-43-29)31(39)40;1-9-13-28(36)40-19-34(26(20(3)4)16-22(6)29-32-24(18-41-29)31(38)39-8)30(37)23(21(5)10-2)17-27(35)25-14-11-12-15-33(25)7/h17,19-20,22,24-25,27H,8-16,18H2,1-7H3,(H,39,40);18,20-23,25-26H,9-17,19H2,1-8H3/t20-,22-,24?,25+,27+;21-,22+,23-,25?,26+/m00/s1. The molecule has 0 bridgehead atoms. The molecule has 2 aromatic heterocycles. The van der Waals surface area contributed by atoms with E-state index in [4.69, 9.17) is 18.9 Å². The van der Waals surface area contributed by atoms with Crippen molar-refractivity contribution < 1.29 is 67.2 Å². The van der Waals surface area contributed by atoms with Crippen LogP contribution in [0.4, 0.5) is 0 Å². The Bertz CT molecular complexity index is 2450. The van der Waals surface area contributed by atoms with Crippen LogP contribution in [0.5, 0.6) is 0 Å². The normalized spacial score (nSPS) is 18.6. The number of hydrogen-bond acceptors (Lipinski definition) is 19. The molecule has 2 aromatic rings. The molecule has 1 N–H and O–H groups in total. The number of piperidine rings is 2. The highest BCUT2D eigenvalue weighted by molar-refractivity contribution is 7.10. The molecule has 2 amide bonds. The Morgan fingerprint density at radius 1 is 0.643 bits per heavy atom. The van der Waals surface area contributed by atoms with E-state index in [1.165, 1.54) is 35.7 Å². The summed E-state index contributed by atoms with van der Waals surface area (Å²) in [5.41, 5.74) is 0.104. The second-order valence-corrected chi connectivity index (χ2v) is 25.5. The molecule has 2 saturated heterocycles. The van der Waals surface area contributed by atoms with Crippen LogP contribution in [0, 0.1) is 35.5 Å². The zero-order chi connectivity index (χ0) is 63.0. The number of likely N-dealkylation sites (N-methyl/N-ethyl adjacent to an activating group) is 2. The maximum atomic E-state index is 14.5. The average molecular weight is 1220 g/mol. The monoisotopic (exact) mass is 1220 g/mol. The van der Waals surface area contributed by atoms with Crippen LogP contribution in [-0.2, 0) is 52.5 Å². The first-order valence-electron chi connectivity index (χ1n) is 30.5. The van der Waals surface area contributed by atoms with Gasteiger partial charge in [-0.15, -0.1) is 22.7 Å². The van der Waals surface area contributed by atoms with Crippen LogP contribution in [-0.4, -0.2) is 160 Å². The first kappa shape index (κ1) is 73.1. The molecule has 84 heavy (non-hydrogen) atoms. The van der Waals surface area contributed by atoms with Gasteiger partial charge in [0.15, 0.2) is 42.5 Å². The van der Waals surface area contributed by atoms with Crippen LogP contribution in [0.25, 0.3) is 0 Å². The molecule has 0 saturated carbocycles. The van der Waals surface area contributed by atoms with Crippen LogP contribution >= 0.6 is 22.7 Å². The number of ether oxygens (including phenoxy) is 4. The molecule has 22 heteroatoms. The molecule has 4 rings (SSSR count). The lowest BCUT2D eigenvalue weighted by Crippen LogP contribution is -2.50. The molecule has 0 aromatic carbocycles. The molecule has 2 unspecified atom stereocenters. The van der Waals surface area contributed by atoms with Gasteiger partial charge in [-0.3, -0.25) is 43.4 Å². The first-order chi connectivity index (χ1) is 39.7. The van der Waals surface area contributed by atoms with Gasteiger partial charge in [-0.25, -0.2) is 19.6 Å². The number of aromatic nitrogens is 2. The van der Waals surface area contributed by atoms with Gasteiger partial charge in [0.1, 0.15) is 5.01 Å². The molecule has 474 valence electrons. The summed E-state index contributed by atoms with van der Waals surface area (Å²) in [5.74, 6) is -4.80. The third kappa shape index (κ3) is 22.3. The van der Waals surface area contributed by atoms with Gasteiger partial charge in [0.2, 0.25) is 11.8 Å². The smallest absolute Gasteiger partial charge is 0.357 e. The van der Waals surface area contributed by atoms with E-state index in [9.17, 15) is 48.3 Å². The quantitative estimate of drug-likeness (QED) is 0.0396. The van der Waals surface area contributed by atoms with Gasteiger partial charge in [-0.05, 0) is 95.8 Å². The summed E-state index contributed by atoms with van der Waals surface area (Å²) in [6, 6.07) is -1.24. The van der Waals surface area contributed by atoms with Crippen LogP contribution in [0.3, 0.4) is 0 Å². The largest absolute Gasteiger partial charge is 0.476 e. The highest BCUT2D eigenvalue weighted by Gasteiger charge is 2.41. The fraction of sp³-hybridized carbons (Fsp3) is 0.758. The number of carbonyl (C=O) groups excluding carboxylic acids is 8. The van der Waals surface area contributed by atoms with Gasteiger partial charge in [0.25, 0.3) is 0 Å². The van der Waals surface area contributed by atoms with Crippen molar-refractivity contribution in [2.75, 3.05) is 47.8 Å². The number of aromatic carboxylic acids is 1. The minimum atomic E-state index is -1.20. The molecule has 0 radical (unpaired) electrons. The molecule has 10 atom stereocenters. The van der Waals surface area contributed by atoms with Crippen molar-refractivity contribution in [3.05, 3.63) is 32.2 Å². The number of carbonyl (C=O) groups is 9. The van der Waals surface area contributed by atoms with Crippen molar-refractivity contribution in [2.45, 2.75) is 222 Å². The lowest BCUT2D eigenvalue weighted by Gasteiger charge is -2.39. The number of thiazole rings is 2. The van der Waals surface area contributed by atoms with E-state index in [-0.39, 0.29) is 134 Å². The van der Waals surface area contributed by atoms with Crippen molar-refractivity contribution in [3.8, 4) is 0 Å². The molecule has 2 fully saturated rings. The van der Waals surface area contributed by atoms with E-state index in [0.717, 1.165) is 74.4 Å². The SMILES string of the molecule is CCCC(=O)OCN(C(=O)[C@@H](CC(=O)C1CCCCN1C)[C@@H](C)CC)[C@H](C[C@@H](C)c1nc(C(=O)OC)cs1)C(C)C.CCCC(=O)OCN(C(=O)[C@@H](CC(=O)C1CCCCN1C)[C@@H](C)CC)[C@H](C[C@@H](OC(C)=O)c1nc(C(=O)O)cs1)C(C)C. The Morgan fingerprint density at radius 2 is 1.07 bits per heavy atom. The Balaban J connectivity index is 0.000000441. The topological polar surface area (TPSA) is 250 Å². The fourth-order valence-corrected chi connectivity index (χ4v) is 12.8. The Hall–Kier alpha value is -5.19. The second-order valence-electron chi connectivity index (χ2n) is 23.7. The number of nitrogens with zero attached hydrogens (tertiary/aromatic N) is 6. The van der Waals surface area contributed by atoms with Crippen LogP contribution < -0.4 is 0 Å². The number of carboxylic acids is 1. The summed E-state index contributed by atoms with van der Waals surface area (Å²) in [4.78, 5) is 132. The summed E-state index contributed by atoms with van der Waals surface area (Å²) in [5, 5.41) is 13.5. The molecular formula is C62H100N6O14S2. The van der Waals surface area contributed by atoms with Gasteiger partial charge >= 0.3 is 29.8 Å². The molecule has 0 spiro atoms. The molecular weight excluding hydrogens is 1120 g/mol.